The molecule has 9 nitrogen and oxygen atoms in total. The summed E-state index contributed by atoms with van der Waals surface area (Å²) in [4.78, 5) is 70.2. The second-order valence-corrected chi connectivity index (χ2v) is 15.3. The molecule has 2 saturated carbocycles. The van der Waals surface area contributed by atoms with Crippen LogP contribution in [0, 0.1) is 34.0 Å². The highest BCUT2D eigenvalue weighted by atomic mass is 16.5. The number of aromatic hydroxyl groups is 2. The number of carbonyl (C=O) groups excluding carboxylic acids is 5. The summed E-state index contributed by atoms with van der Waals surface area (Å²) >= 11 is 0. The van der Waals surface area contributed by atoms with Crippen LogP contribution >= 0.6 is 0 Å². The lowest BCUT2D eigenvalue weighted by Gasteiger charge is -2.65. The number of benzene rings is 2. The first-order valence-electron chi connectivity index (χ1n) is 16.4. The first-order chi connectivity index (χ1) is 21.7. The highest BCUT2D eigenvalue weighted by Crippen LogP contribution is 2.68. The van der Waals surface area contributed by atoms with E-state index < -0.39 is 68.5 Å². The highest BCUT2D eigenvalue weighted by Gasteiger charge is 2.79. The number of ketones is 5. The van der Waals surface area contributed by atoms with Crippen LogP contribution in [0.4, 0.5) is 0 Å². The summed E-state index contributed by atoms with van der Waals surface area (Å²) in [7, 11) is 1.46. The van der Waals surface area contributed by atoms with Crippen molar-refractivity contribution in [2.75, 3.05) is 7.11 Å². The molecular weight excluding hydrogens is 600 g/mol. The summed E-state index contributed by atoms with van der Waals surface area (Å²) in [5.74, 6) is -7.93. The lowest BCUT2D eigenvalue weighted by atomic mass is 9.35. The number of Topliss-reactive ketones (excluding diaryl/α,β-unsaturated/α-hetero) is 5. The maximum Gasteiger partial charge on any atom is 0.190 e. The lowest BCUT2D eigenvalue weighted by Crippen LogP contribution is -2.79. The van der Waals surface area contributed by atoms with Crippen molar-refractivity contribution in [2.24, 2.45) is 34.0 Å². The molecule has 6 atom stereocenters. The topological polar surface area (TPSA) is 155 Å². The number of methoxy groups -OCH3 is 1. The normalized spacial score (nSPS) is 31.9. The van der Waals surface area contributed by atoms with Crippen molar-refractivity contribution < 1.29 is 44.0 Å². The lowest BCUT2D eigenvalue weighted by molar-refractivity contribution is -0.220. The van der Waals surface area contributed by atoms with E-state index in [9.17, 15) is 39.3 Å². The molecule has 9 heteroatoms. The van der Waals surface area contributed by atoms with Crippen LogP contribution < -0.4 is 4.74 Å². The zero-order chi connectivity index (χ0) is 35.2. The SMILES string of the molecule is COc1ccc(CCc2cc(C(C)C)c3c(c2O)C(=O)C2C(=O)[C@@]4(O)C(=O)C(C(C)=O)C(=O)[C@@](C)(C(C)C)[C@@]4(C)C[C@@]2(C)C3)cc1O. The van der Waals surface area contributed by atoms with Gasteiger partial charge in [-0.05, 0) is 84.2 Å². The van der Waals surface area contributed by atoms with Gasteiger partial charge in [0.05, 0.1) is 18.6 Å². The minimum atomic E-state index is -2.77. The van der Waals surface area contributed by atoms with E-state index in [0.717, 1.165) is 18.1 Å². The molecule has 0 radical (unpaired) electrons. The van der Waals surface area contributed by atoms with Gasteiger partial charge >= 0.3 is 0 Å². The summed E-state index contributed by atoms with van der Waals surface area (Å²) in [6.07, 6.45) is 0.951. The van der Waals surface area contributed by atoms with Gasteiger partial charge in [0, 0.05) is 10.8 Å². The van der Waals surface area contributed by atoms with Crippen LogP contribution in [0.15, 0.2) is 24.3 Å². The highest BCUT2D eigenvalue weighted by molar-refractivity contribution is 6.33. The Labute approximate surface area is 275 Å². The van der Waals surface area contributed by atoms with Gasteiger partial charge in [0.25, 0.3) is 0 Å². The molecule has 2 aromatic rings. The van der Waals surface area contributed by atoms with Crippen LogP contribution in [0.2, 0.25) is 0 Å². The van der Waals surface area contributed by atoms with Gasteiger partial charge in [-0.3, -0.25) is 24.0 Å². The van der Waals surface area contributed by atoms with Crippen molar-refractivity contribution >= 4 is 28.9 Å². The third kappa shape index (κ3) is 4.48. The Balaban J connectivity index is 1.67. The van der Waals surface area contributed by atoms with E-state index >= 15 is 0 Å². The van der Waals surface area contributed by atoms with Gasteiger partial charge in [0.2, 0.25) is 0 Å². The first kappa shape index (κ1) is 34.5. The molecule has 0 bridgehead atoms. The fourth-order valence-electron chi connectivity index (χ4n) is 9.25. The smallest absolute Gasteiger partial charge is 0.190 e. The van der Waals surface area contributed by atoms with Crippen molar-refractivity contribution in [2.45, 2.75) is 92.6 Å². The summed E-state index contributed by atoms with van der Waals surface area (Å²) in [5.41, 5.74) is -4.16. The first-order valence-corrected chi connectivity index (χ1v) is 16.4. The maximum atomic E-state index is 14.7. The van der Waals surface area contributed by atoms with Crippen molar-refractivity contribution in [3.63, 3.8) is 0 Å². The second-order valence-electron chi connectivity index (χ2n) is 15.3. The molecule has 0 heterocycles. The Hall–Kier alpha value is -3.85. The van der Waals surface area contributed by atoms with Gasteiger partial charge in [-0.1, -0.05) is 60.6 Å². The summed E-state index contributed by atoms with van der Waals surface area (Å²) in [6.45, 7) is 13.6. The minimum absolute atomic E-state index is 0.00408. The van der Waals surface area contributed by atoms with Crippen molar-refractivity contribution in [1.29, 1.82) is 0 Å². The Kier molecular flexibility index (Phi) is 8.15. The fourth-order valence-corrected chi connectivity index (χ4v) is 9.25. The number of phenols is 2. The van der Waals surface area contributed by atoms with Gasteiger partial charge in [-0.2, -0.15) is 0 Å². The fraction of sp³-hybridized carbons (Fsp3) is 0.553. The molecule has 3 N–H and O–H groups in total. The molecule has 252 valence electrons. The number of phenolic OH excluding ortho intramolecular Hbond substituents is 2. The molecule has 2 aromatic carbocycles. The molecule has 47 heavy (non-hydrogen) atoms. The molecule has 3 aliphatic rings. The Bertz CT molecular complexity index is 1740. The number of aryl methyl sites for hydroxylation is 2. The number of hydrogen-bond donors (Lipinski definition) is 3. The Morgan fingerprint density at radius 3 is 2.13 bits per heavy atom. The van der Waals surface area contributed by atoms with Crippen LogP contribution in [0.3, 0.4) is 0 Å². The van der Waals surface area contributed by atoms with Gasteiger partial charge in [-0.25, -0.2) is 0 Å². The number of carbonyl (C=O) groups is 5. The van der Waals surface area contributed by atoms with E-state index in [1.54, 1.807) is 52.8 Å². The van der Waals surface area contributed by atoms with E-state index in [2.05, 4.69) is 0 Å². The monoisotopic (exact) mass is 646 g/mol. The molecule has 0 spiro atoms. The van der Waals surface area contributed by atoms with E-state index in [1.165, 1.54) is 7.11 Å². The predicted molar refractivity (Wildman–Crippen MR) is 174 cm³/mol. The van der Waals surface area contributed by atoms with Gasteiger partial charge in [0.15, 0.2) is 40.2 Å². The molecule has 0 aromatic heterocycles. The average molecular weight is 647 g/mol. The number of ether oxygens (including phenoxy) is 1. The summed E-state index contributed by atoms with van der Waals surface area (Å²) in [5, 5.41) is 34.3. The van der Waals surface area contributed by atoms with Crippen molar-refractivity contribution in [3.8, 4) is 17.2 Å². The van der Waals surface area contributed by atoms with Crippen LogP contribution in [0.1, 0.15) is 100 Å². The van der Waals surface area contributed by atoms with Gasteiger partial charge in [-0.15, -0.1) is 0 Å². The average Bonchev–Trinajstić information content (AvgIpc) is 2.97. The van der Waals surface area contributed by atoms with E-state index in [0.29, 0.717) is 29.7 Å². The third-order valence-electron chi connectivity index (χ3n) is 12.1. The van der Waals surface area contributed by atoms with E-state index in [-0.39, 0.29) is 35.8 Å². The van der Waals surface area contributed by atoms with Crippen LogP contribution in [-0.2, 0) is 38.4 Å². The summed E-state index contributed by atoms with van der Waals surface area (Å²) < 4.78 is 5.13. The Morgan fingerprint density at radius 1 is 0.957 bits per heavy atom. The molecule has 0 aliphatic heterocycles. The standard InChI is InChI=1S/C38H46O9/c1-18(2)23-15-22(12-10-21-11-13-26(47-9)25(40)14-21)30(41)28-24(23)16-35(6)17-36(7)37(8,19(3)4)32(43)27(20(5)39)33(44)38(36,46)34(45)29(35)31(28)42/h11,13-15,18-19,27,29,40-41,46H,10,12,16-17H2,1-9H3/t27?,29?,35-,36-,37-,38+/m1/s1. The number of aliphatic hydroxyl groups is 1. The van der Waals surface area contributed by atoms with Crippen molar-refractivity contribution in [1.82, 2.24) is 0 Å². The molecule has 5 rings (SSSR count). The zero-order valence-electron chi connectivity index (χ0n) is 28.7. The molecule has 2 fully saturated rings. The minimum Gasteiger partial charge on any atom is -0.507 e. The molecule has 2 unspecified atom stereocenters. The molecule has 3 aliphatic carbocycles. The predicted octanol–water partition coefficient (Wildman–Crippen LogP) is 5.11. The maximum absolute atomic E-state index is 14.7. The van der Waals surface area contributed by atoms with E-state index in [4.69, 9.17) is 4.74 Å². The number of hydrogen-bond acceptors (Lipinski definition) is 9. The zero-order valence-corrected chi connectivity index (χ0v) is 28.7. The van der Waals surface area contributed by atoms with Gasteiger partial charge < -0.3 is 20.1 Å². The van der Waals surface area contributed by atoms with Crippen LogP contribution in [0.25, 0.3) is 0 Å². The quantitative estimate of drug-likeness (QED) is 0.348. The molecular formula is C38H46O9. The molecule has 0 saturated heterocycles. The van der Waals surface area contributed by atoms with Gasteiger partial charge in [0.1, 0.15) is 17.5 Å². The van der Waals surface area contributed by atoms with Crippen LogP contribution in [-0.4, -0.2) is 56.9 Å². The number of rotatable bonds is 7. The molecule has 0 amide bonds. The van der Waals surface area contributed by atoms with Crippen molar-refractivity contribution in [3.05, 3.63) is 52.1 Å². The number of fused-ring (bicyclic) bond motifs is 3. The van der Waals surface area contributed by atoms with E-state index in [1.807, 2.05) is 19.9 Å². The third-order valence-corrected chi connectivity index (χ3v) is 12.1. The summed E-state index contributed by atoms with van der Waals surface area (Å²) in [6, 6.07) is 6.93. The Morgan fingerprint density at radius 2 is 1.60 bits per heavy atom. The second kappa shape index (κ2) is 11.1. The van der Waals surface area contributed by atoms with Crippen LogP contribution in [0.5, 0.6) is 17.2 Å². The largest absolute Gasteiger partial charge is 0.507 e.